The van der Waals surface area contributed by atoms with Gasteiger partial charge >= 0.3 is 6.03 Å². The van der Waals surface area contributed by atoms with Crippen molar-refractivity contribution in [1.82, 2.24) is 5.32 Å². The van der Waals surface area contributed by atoms with E-state index in [1.54, 1.807) is 4.90 Å². The lowest BCUT2D eigenvalue weighted by molar-refractivity contribution is 0.254. The van der Waals surface area contributed by atoms with E-state index in [0.29, 0.717) is 6.54 Å². The number of carbonyl (C=O) groups excluding carboxylic acids is 1. The maximum absolute atomic E-state index is 11.3. The van der Waals surface area contributed by atoms with Crippen LogP contribution in [0.4, 0.5) is 10.5 Å². The van der Waals surface area contributed by atoms with Gasteiger partial charge in [-0.15, -0.1) is 0 Å². The van der Waals surface area contributed by atoms with Crippen molar-refractivity contribution in [2.45, 2.75) is 19.8 Å². The van der Waals surface area contributed by atoms with Crippen molar-refractivity contribution < 1.29 is 4.79 Å². The highest BCUT2D eigenvalue weighted by Crippen LogP contribution is 2.12. The van der Waals surface area contributed by atoms with Gasteiger partial charge in [-0.1, -0.05) is 25.1 Å². The quantitative estimate of drug-likeness (QED) is 0.710. The van der Waals surface area contributed by atoms with Crippen molar-refractivity contribution in [3.63, 3.8) is 0 Å². The number of rotatable bonds is 7. The van der Waals surface area contributed by atoms with Crippen molar-refractivity contribution in [3.8, 4) is 0 Å². The van der Waals surface area contributed by atoms with E-state index in [0.717, 1.165) is 31.6 Å². The Bertz CT molecular complexity index is 327. The summed E-state index contributed by atoms with van der Waals surface area (Å²) in [6.45, 7) is 4.70. The smallest absolute Gasteiger partial charge is 0.319 e. The van der Waals surface area contributed by atoms with Gasteiger partial charge in [-0.2, -0.15) is 0 Å². The molecule has 3 N–H and O–H groups in total. The van der Waals surface area contributed by atoms with E-state index in [1.807, 2.05) is 30.3 Å². The Kier molecular flexibility index (Phi) is 6.10. The number of urea groups is 1. The van der Waals surface area contributed by atoms with E-state index >= 15 is 0 Å². The number of anilines is 1. The molecule has 4 heteroatoms. The average molecular weight is 235 g/mol. The van der Waals surface area contributed by atoms with Crippen LogP contribution in [0.5, 0.6) is 0 Å². The Morgan fingerprint density at radius 3 is 2.59 bits per heavy atom. The number of amides is 2. The van der Waals surface area contributed by atoms with Crippen molar-refractivity contribution in [3.05, 3.63) is 30.3 Å². The molecule has 2 amide bonds. The third-order valence-corrected chi connectivity index (χ3v) is 2.50. The molecule has 17 heavy (non-hydrogen) atoms. The van der Waals surface area contributed by atoms with Crippen LogP contribution in [0, 0.1) is 0 Å². The van der Waals surface area contributed by atoms with Crippen molar-refractivity contribution in [2.24, 2.45) is 5.73 Å². The largest absolute Gasteiger partial charge is 0.351 e. The number of nitrogens with two attached hydrogens (primary N) is 1. The minimum Gasteiger partial charge on any atom is -0.351 e. The van der Waals surface area contributed by atoms with Gasteiger partial charge in [0.2, 0.25) is 0 Å². The molecule has 0 aromatic heterocycles. The van der Waals surface area contributed by atoms with E-state index in [1.165, 1.54) is 0 Å². The van der Waals surface area contributed by atoms with Crippen molar-refractivity contribution >= 4 is 11.7 Å². The van der Waals surface area contributed by atoms with Gasteiger partial charge in [-0.05, 0) is 38.1 Å². The number of nitrogens with one attached hydrogen (secondary N) is 1. The Morgan fingerprint density at radius 2 is 2.00 bits per heavy atom. The monoisotopic (exact) mass is 235 g/mol. The highest BCUT2D eigenvalue weighted by Gasteiger charge is 2.10. The van der Waals surface area contributed by atoms with E-state index < -0.39 is 6.03 Å². The Morgan fingerprint density at radius 1 is 1.29 bits per heavy atom. The van der Waals surface area contributed by atoms with Gasteiger partial charge in [-0.3, -0.25) is 4.90 Å². The first kappa shape index (κ1) is 13.5. The first-order chi connectivity index (χ1) is 8.25. The maximum atomic E-state index is 11.3. The molecule has 0 spiro atoms. The molecule has 0 unspecified atom stereocenters. The highest BCUT2D eigenvalue weighted by atomic mass is 16.2. The maximum Gasteiger partial charge on any atom is 0.319 e. The summed E-state index contributed by atoms with van der Waals surface area (Å²) in [6.07, 6.45) is 2.02. The Labute approximate surface area is 103 Å². The zero-order chi connectivity index (χ0) is 12.5. The molecule has 1 rings (SSSR count). The summed E-state index contributed by atoms with van der Waals surface area (Å²) in [5.41, 5.74) is 6.23. The fourth-order valence-corrected chi connectivity index (χ4v) is 1.64. The van der Waals surface area contributed by atoms with Crippen LogP contribution < -0.4 is 16.0 Å². The summed E-state index contributed by atoms with van der Waals surface area (Å²) in [5, 5.41) is 3.30. The molecule has 0 aliphatic heterocycles. The molecule has 0 aliphatic rings. The summed E-state index contributed by atoms with van der Waals surface area (Å²) in [5.74, 6) is 0. The molecule has 0 bridgehead atoms. The van der Waals surface area contributed by atoms with Crippen molar-refractivity contribution in [2.75, 3.05) is 24.5 Å². The Balaban J connectivity index is 2.42. The number of carbonyl (C=O) groups is 1. The second kappa shape index (κ2) is 7.68. The van der Waals surface area contributed by atoms with Crippen LogP contribution in [0.3, 0.4) is 0 Å². The van der Waals surface area contributed by atoms with Crippen LogP contribution in [0.25, 0.3) is 0 Å². The molecule has 4 nitrogen and oxygen atoms in total. The molecule has 1 aromatic carbocycles. The van der Waals surface area contributed by atoms with Gasteiger partial charge in [0.05, 0.1) is 0 Å². The fourth-order valence-electron chi connectivity index (χ4n) is 1.64. The minimum absolute atomic E-state index is 0.397. The second-order valence-corrected chi connectivity index (χ2v) is 3.93. The summed E-state index contributed by atoms with van der Waals surface area (Å²) >= 11 is 0. The number of benzene rings is 1. The topological polar surface area (TPSA) is 58.4 Å². The van der Waals surface area contributed by atoms with Crippen LogP contribution in [0.15, 0.2) is 30.3 Å². The van der Waals surface area contributed by atoms with E-state index in [-0.39, 0.29) is 0 Å². The molecule has 0 saturated heterocycles. The fraction of sp³-hybridized carbons (Fsp3) is 0.462. The highest BCUT2D eigenvalue weighted by molar-refractivity contribution is 5.90. The summed E-state index contributed by atoms with van der Waals surface area (Å²) in [4.78, 5) is 13.0. The number of hydrogen-bond acceptors (Lipinski definition) is 2. The third kappa shape index (κ3) is 4.87. The Hall–Kier alpha value is -1.55. The SMILES string of the molecule is CCCNCCCN(C(N)=O)c1ccccc1. The zero-order valence-corrected chi connectivity index (χ0v) is 10.4. The van der Waals surface area contributed by atoms with E-state index in [2.05, 4.69) is 12.2 Å². The molecule has 0 fully saturated rings. The lowest BCUT2D eigenvalue weighted by atomic mass is 10.2. The first-order valence-corrected chi connectivity index (χ1v) is 6.08. The standard InChI is InChI=1S/C13H21N3O/c1-2-9-15-10-6-11-16(13(14)17)12-7-4-3-5-8-12/h3-5,7-8,15H,2,6,9-11H2,1H3,(H2,14,17). The summed E-state index contributed by atoms with van der Waals surface area (Å²) < 4.78 is 0. The molecule has 0 heterocycles. The molecule has 0 atom stereocenters. The molecular formula is C13H21N3O. The van der Waals surface area contributed by atoms with Gasteiger partial charge in [0.25, 0.3) is 0 Å². The number of nitrogens with zero attached hydrogens (tertiary/aromatic N) is 1. The molecule has 0 saturated carbocycles. The van der Waals surface area contributed by atoms with Crippen LogP contribution in [-0.4, -0.2) is 25.7 Å². The van der Waals surface area contributed by atoms with Gasteiger partial charge in [0.1, 0.15) is 0 Å². The lowest BCUT2D eigenvalue weighted by Crippen LogP contribution is -2.37. The lowest BCUT2D eigenvalue weighted by Gasteiger charge is -2.20. The number of primary amides is 1. The summed E-state index contributed by atoms with van der Waals surface area (Å²) in [6, 6.07) is 9.12. The van der Waals surface area contributed by atoms with Gasteiger partial charge in [-0.25, -0.2) is 4.79 Å². The predicted octanol–water partition coefficient (Wildman–Crippen LogP) is 1.96. The molecule has 1 aromatic rings. The van der Waals surface area contributed by atoms with Gasteiger partial charge < -0.3 is 11.1 Å². The van der Waals surface area contributed by atoms with Gasteiger partial charge in [0.15, 0.2) is 0 Å². The number of para-hydroxylation sites is 1. The van der Waals surface area contributed by atoms with Crippen LogP contribution in [0.1, 0.15) is 19.8 Å². The van der Waals surface area contributed by atoms with Crippen molar-refractivity contribution in [1.29, 1.82) is 0 Å². The van der Waals surface area contributed by atoms with Gasteiger partial charge in [0, 0.05) is 12.2 Å². The van der Waals surface area contributed by atoms with Crippen LogP contribution >= 0.6 is 0 Å². The molecular weight excluding hydrogens is 214 g/mol. The zero-order valence-electron chi connectivity index (χ0n) is 10.4. The molecule has 0 radical (unpaired) electrons. The second-order valence-electron chi connectivity index (χ2n) is 3.93. The molecule has 0 aliphatic carbocycles. The summed E-state index contributed by atoms with van der Waals surface area (Å²) in [7, 11) is 0. The van der Waals surface area contributed by atoms with E-state index in [9.17, 15) is 4.79 Å². The first-order valence-electron chi connectivity index (χ1n) is 6.08. The number of hydrogen-bond donors (Lipinski definition) is 2. The normalized spacial score (nSPS) is 10.2. The molecule has 94 valence electrons. The van der Waals surface area contributed by atoms with Crippen LogP contribution in [0.2, 0.25) is 0 Å². The predicted molar refractivity (Wildman–Crippen MR) is 71.1 cm³/mol. The van der Waals surface area contributed by atoms with Crippen LogP contribution in [-0.2, 0) is 0 Å². The minimum atomic E-state index is -0.397. The third-order valence-electron chi connectivity index (χ3n) is 2.50. The average Bonchev–Trinajstić information content (AvgIpc) is 2.34. The van der Waals surface area contributed by atoms with E-state index in [4.69, 9.17) is 5.73 Å².